The molecule has 2 heterocycles. The zero-order valence-electron chi connectivity index (χ0n) is 12.8. The minimum absolute atomic E-state index is 0.444. The van der Waals surface area contributed by atoms with Crippen LogP contribution in [0.15, 0.2) is 36.5 Å². The maximum absolute atomic E-state index is 12.6. The van der Waals surface area contributed by atoms with Gasteiger partial charge in [-0.15, -0.1) is 0 Å². The molecule has 0 amide bonds. The zero-order chi connectivity index (χ0) is 16.2. The number of aromatic nitrogens is 1. The third-order valence-corrected chi connectivity index (χ3v) is 6.23. The quantitative estimate of drug-likeness (QED) is 0.936. The van der Waals surface area contributed by atoms with Crippen LogP contribution in [0.2, 0.25) is 0 Å². The van der Waals surface area contributed by atoms with Gasteiger partial charge in [-0.3, -0.25) is 8.61 Å². The number of pyridine rings is 1. The van der Waals surface area contributed by atoms with Gasteiger partial charge in [0.2, 0.25) is 0 Å². The van der Waals surface area contributed by atoms with E-state index >= 15 is 0 Å². The van der Waals surface area contributed by atoms with Crippen LogP contribution in [0, 0.1) is 5.92 Å². The number of anilines is 3. The lowest BCUT2D eigenvalue weighted by Crippen LogP contribution is -2.36. The molecule has 0 atom stereocenters. The number of hydrogen-bond acceptors (Lipinski definition) is 4. The zero-order valence-corrected chi connectivity index (χ0v) is 13.6. The van der Waals surface area contributed by atoms with E-state index < -0.39 is 10.2 Å². The van der Waals surface area contributed by atoms with Crippen LogP contribution < -0.4 is 14.3 Å². The van der Waals surface area contributed by atoms with Gasteiger partial charge in [0.1, 0.15) is 5.82 Å². The monoisotopic (exact) mass is 330 g/mol. The molecule has 6 nitrogen and oxygen atoms in total. The number of nitrogens with two attached hydrogens (primary N) is 1. The SMILES string of the molecule is CN1c2cc(-c3ccnc(N)c3)ccc2N(CC2CC2)S1(=O)=O. The van der Waals surface area contributed by atoms with Gasteiger partial charge in [0.25, 0.3) is 0 Å². The highest BCUT2D eigenvalue weighted by atomic mass is 32.2. The number of benzene rings is 1. The molecule has 1 aliphatic carbocycles. The molecule has 1 aliphatic heterocycles. The molecule has 1 aromatic heterocycles. The maximum Gasteiger partial charge on any atom is 0.326 e. The number of nitrogen functional groups attached to an aromatic ring is 1. The maximum atomic E-state index is 12.6. The van der Waals surface area contributed by atoms with Gasteiger partial charge in [0.05, 0.1) is 11.4 Å². The van der Waals surface area contributed by atoms with E-state index in [4.69, 9.17) is 5.73 Å². The normalized spacial score (nSPS) is 19.0. The number of rotatable bonds is 3. The van der Waals surface area contributed by atoms with Crippen LogP contribution >= 0.6 is 0 Å². The van der Waals surface area contributed by atoms with Crippen molar-refractivity contribution in [2.24, 2.45) is 5.92 Å². The lowest BCUT2D eigenvalue weighted by atomic mass is 10.1. The summed E-state index contributed by atoms with van der Waals surface area (Å²) < 4.78 is 28.2. The molecule has 4 rings (SSSR count). The Hall–Kier alpha value is -2.28. The Balaban J connectivity index is 1.79. The molecule has 2 aliphatic rings. The van der Waals surface area contributed by atoms with Crippen molar-refractivity contribution in [3.8, 4) is 11.1 Å². The van der Waals surface area contributed by atoms with Crippen molar-refractivity contribution in [3.63, 3.8) is 0 Å². The summed E-state index contributed by atoms with van der Waals surface area (Å²) in [7, 11) is -1.85. The minimum Gasteiger partial charge on any atom is -0.384 e. The Kier molecular flexibility index (Phi) is 3.02. The van der Waals surface area contributed by atoms with Crippen LogP contribution in [0.5, 0.6) is 0 Å². The van der Waals surface area contributed by atoms with Gasteiger partial charge in [-0.1, -0.05) is 6.07 Å². The van der Waals surface area contributed by atoms with Crippen molar-refractivity contribution in [1.29, 1.82) is 0 Å². The Morgan fingerprint density at radius 1 is 1.17 bits per heavy atom. The van der Waals surface area contributed by atoms with E-state index in [0.29, 0.717) is 24.0 Å². The van der Waals surface area contributed by atoms with Gasteiger partial charge in [0, 0.05) is 19.8 Å². The highest BCUT2D eigenvalue weighted by molar-refractivity contribution is 7.94. The summed E-state index contributed by atoms with van der Waals surface area (Å²) in [6, 6.07) is 9.36. The molecule has 0 spiro atoms. The Morgan fingerprint density at radius 2 is 1.91 bits per heavy atom. The molecule has 1 fully saturated rings. The summed E-state index contributed by atoms with van der Waals surface area (Å²) >= 11 is 0. The summed E-state index contributed by atoms with van der Waals surface area (Å²) in [5.41, 5.74) is 9.05. The van der Waals surface area contributed by atoms with Gasteiger partial charge in [-0.2, -0.15) is 8.42 Å². The molecular formula is C16H18N4O2S. The first kappa shape index (κ1) is 14.3. The van der Waals surface area contributed by atoms with Gasteiger partial charge >= 0.3 is 10.2 Å². The van der Waals surface area contributed by atoms with E-state index in [1.807, 2.05) is 24.3 Å². The second-order valence-corrected chi connectivity index (χ2v) is 8.01. The van der Waals surface area contributed by atoms with Crippen molar-refractivity contribution in [2.45, 2.75) is 12.8 Å². The molecule has 0 saturated heterocycles. The highest BCUT2D eigenvalue weighted by Gasteiger charge is 2.40. The highest BCUT2D eigenvalue weighted by Crippen LogP contribution is 2.44. The lowest BCUT2D eigenvalue weighted by molar-refractivity contribution is 0.590. The molecule has 0 radical (unpaired) electrons. The number of fused-ring (bicyclic) bond motifs is 1. The average molecular weight is 330 g/mol. The van der Waals surface area contributed by atoms with E-state index in [2.05, 4.69) is 4.98 Å². The topological polar surface area (TPSA) is 79.5 Å². The smallest absolute Gasteiger partial charge is 0.326 e. The van der Waals surface area contributed by atoms with Crippen molar-refractivity contribution in [2.75, 3.05) is 27.9 Å². The predicted molar refractivity (Wildman–Crippen MR) is 91.5 cm³/mol. The second kappa shape index (κ2) is 4.86. The molecule has 7 heteroatoms. The Bertz CT molecular complexity index is 877. The van der Waals surface area contributed by atoms with E-state index in [1.54, 1.807) is 19.3 Å². The first-order valence-corrected chi connectivity index (χ1v) is 8.99. The minimum atomic E-state index is -3.46. The molecule has 2 N–H and O–H groups in total. The van der Waals surface area contributed by atoms with Crippen molar-refractivity contribution in [1.82, 2.24) is 4.98 Å². The van der Waals surface area contributed by atoms with Gasteiger partial charge in [-0.05, 0) is 54.2 Å². The standard InChI is InChI=1S/C16H18N4O2S/c1-19-15-8-12(13-6-7-18-16(17)9-13)4-5-14(15)20(23(19,21)22)10-11-2-3-11/h4-9,11H,2-3,10H2,1H3,(H2,17,18). The summed E-state index contributed by atoms with van der Waals surface area (Å²) in [6.45, 7) is 0.571. The fourth-order valence-corrected chi connectivity index (χ4v) is 4.41. The molecular weight excluding hydrogens is 312 g/mol. The van der Waals surface area contributed by atoms with E-state index in [0.717, 1.165) is 29.7 Å². The third-order valence-electron chi connectivity index (χ3n) is 4.44. The largest absolute Gasteiger partial charge is 0.384 e. The van der Waals surface area contributed by atoms with Gasteiger partial charge in [0.15, 0.2) is 0 Å². The average Bonchev–Trinajstić information content (AvgIpc) is 3.32. The summed E-state index contributed by atoms with van der Waals surface area (Å²) in [6.07, 6.45) is 3.87. The molecule has 120 valence electrons. The number of nitrogens with zero attached hydrogens (tertiary/aromatic N) is 3. The predicted octanol–water partition coefficient (Wildman–Crippen LogP) is 2.24. The summed E-state index contributed by atoms with van der Waals surface area (Å²) in [5.74, 6) is 0.933. The van der Waals surface area contributed by atoms with Gasteiger partial charge in [-0.25, -0.2) is 4.98 Å². The van der Waals surface area contributed by atoms with Crippen LogP contribution in [0.3, 0.4) is 0 Å². The first-order chi connectivity index (χ1) is 11.0. The first-order valence-electron chi connectivity index (χ1n) is 7.59. The molecule has 0 bridgehead atoms. The number of hydrogen-bond donors (Lipinski definition) is 1. The Morgan fingerprint density at radius 3 is 2.61 bits per heavy atom. The summed E-state index contributed by atoms with van der Waals surface area (Å²) in [5, 5.41) is 0. The fourth-order valence-electron chi connectivity index (χ4n) is 2.92. The van der Waals surface area contributed by atoms with Crippen LogP contribution in [-0.4, -0.2) is 27.0 Å². The van der Waals surface area contributed by atoms with Crippen molar-refractivity contribution in [3.05, 3.63) is 36.5 Å². The second-order valence-electron chi connectivity index (χ2n) is 6.12. The molecule has 0 unspecified atom stereocenters. The van der Waals surface area contributed by atoms with Crippen LogP contribution in [-0.2, 0) is 10.2 Å². The third kappa shape index (κ3) is 2.31. The van der Waals surface area contributed by atoms with Crippen molar-refractivity contribution >= 4 is 27.4 Å². The van der Waals surface area contributed by atoms with E-state index in [1.165, 1.54) is 8.61 Å². The van der Waals surface area contributed by atoms with Crippen LogP contribution in [0.25, 0.3) is 11.1 Å². The lowest BCUT2D eigenvalue weighted by Gasteiger charge is -2.18. The molecule has 2 aromatic rings. The van der Waals surface area contributed by atoms with Crippen LogP contribution in [0.1, 0.15) is 12.8 Å². The van der Waals surface area contributed by atoms with E-state index in [-0.39, 0.29) is 0 Å². The molecule has 1 aromatic carbocycles. The Labute approximate surface area is 135 Å². The fraction of sp³-hybridized carbons (Fsp3) is 0.312. The van der Waals surface area contributed by atoms with Gasteiger partial charge < -0.3 is 5.73 Å². The van der Waals surface area contributed by atoms with E-state index in [9.17, 15) is 8.42 Å². The molecule has 23 heavy (non-hydrogen) atoms. The van der Waals surface area contributed by atoms with Crippen LogP contribution in [0.4, 0.5) is 17.2 Å². The molecule has 1 saturated carbocycles. The van der Waals surface area contributed by atoms with Crippen molar-refractivity contribution < 1.29 is 8.42 Å². The summed E-state index contributed by atoms with van der Waals surface area (Å²) in [4.78, 5) is 3.99.